The second-order valence-corrected chi connectivity index (χ2v) is 10.1. The van der Waals surface area contributed by atoms with E-state index in [1.807, 2.05) is 42.5 Å². The summed E-state index contributed by atoms with van der Waals surface area (Å²) >= 11 is 1.52. The molecule has 3 atom stereocenters. The van der Waals surface area contributed by atoms with Gasteiger partial charge in [-0.3, -0.25) is 14.8 Å². The lowest BCUT2D eigenvalue weighted by Gasteiger charge is -2.36. The fraction of sp³-hybridized carbons (Fsp3) is 0.357. The molecule has 2 heterocycles. The summed E-state index contributed by atoms with van der Waals surface area (Å²) in [7, 11) is 0. The van der Waals surface area contributed by atoms with Gasteiger partial charge in [-0.1, -0.05) is 48.2 Å². The van der Waals surface area contributed by atoms with E-state index in [2.05, 4.69) is 15.3 Å². The number of carbonyl (C=O) groups excluding carboxylic acids is 2. The normalized spacial score (nSPS) is 18.9. The molecule has 1 saturated heterocycles. The van der Waals surface area contributed by atoms with Crippen molar-refractivity contribution in [3.05, 3.63) is 83.7 Å². The number of benzene rings is 2. The van der Waals surface area contributed by atoms with E-state index in [0.29, 0.717) is 35.9 Å². The molecular weight excluding hydrogens is 520 g/mol. The van der Waals surface area contributed by atoms with Crippen LogP contribution in [0.4, 0.5) is 5.69 Å². The number of nitrogens with one attached hydrogen (secondary N) is 2. The third kappa shape index (κ3) is 8.84. The summed E-state index contributed by atoms with van der Waals surface area (Å²) in [6.07, 6.45) is 4.47. The Morgan fingerprint density at radius 3 is 2.41 bits per heavy atom. The molecule has 0 radical (unpaired) electrons. The van der Waals surface area contributed by atoms with E-state index in [9.17, 15) is 14.7 Å². The Kier molecular flexibility index (Phi) is 10.8. The fourth-order valence-electron chi connectivity index (χ4n) is 4.16. The highest BCUT2D eigenvalue weighted by molar-refractivity contribution is 7.99. The SMILES string of the molecule is O=C(CCCCC(=O)Nc1cccc(C2OC(CSc3ncccn3)CC(c3ccc(CO)cc3)O2)c1)NO. The molecule has 39 heavy (non-hydrogen) atoms. The predicted molar refractivity (Wildman–Crippen MR) is 145 cm³/mol. The van der Waals surface area contributed by atoms with E-state index < -0.39 is 12.2 Å². The monoisotopic (exact) mass is 552 g/mol. The molecule has 4 N–H and O–H groups in total. The van der Waals surface area contributed by atoms with Crippen LogP contribution < -0.4 is 10.8 Å². The molecule has 0 aliphatic carbocycles. The van der Waals surface area contributed by atoms with E-state index >= 15 is 0 Å². The van der Waals surface area contributed by atoms with Crippen molar-refractivity contribution in [1.29, 1.82) is 0 Å². The summed E-state index contributed by atoms with van der Waals surface area (Å²) in [5, 5.41) is 21.5. The molecule has 10 nitrogen and oxygen atoms in total. The summed E-state index contributed by atoms with van der Waals surface area (Å²) in [6.45, 7) is -0.0234. The third-order valence-corrected chi connectivity index (χ3v) is 7.19. The van der Waals surface area contributed by atoms with Gasteiger partial charge in [-0.2, -0.15) is 0 Å². The fourth-order valence-corrected chi connectivity index (χ4v) is 4.98. The number of anilines is 1. The number of aliphatic hydroxyl groups is 1. The van der Waals surface area contributed by atoms with Crippen LogP contribution in [0.2, 0.25) is 0 Å². The molecule has 1 fully saturated rings. The lowest BCUT2D eigenvalue weighted by atomic mass is 10.0. The van der Waals surface area contributed by atoms with E-state index in [0.717, 1.165) is 16.7 Å². The average Bonchev–Trinajstić information content (AvgIpc) is 2.98. The molecular formula is C28H32N4O6S. The Hall–Kier alpha value is -3.35. The molecule has 0 saturated carbocycles. The highest BCUT2D eigenvalue weighted by atomic mass is 32.2. The van der Waals surface area contributed by atoms with Gasteiger partial charge in [0.2, 0.25) is 11.8 Å². The Balaban J connectivity index is 1.43. The van der Waals surface area contributed by atoms with Gasteiger partial charge in [0.15, 0.2) is 11.4 Å². The number of aliphatic hydroxyl groups excluding tert-OH is 1. The van der Waals surface area contributed by atoms with Gasteiger partial charge in [0.1, 0.15) is 0 Å². The molecule has 1 aromatic heterocycles. The second kappa shape index (κ2) is 14.7. The highest BCUT2D eigenvalue weighted by Gasteiger charge is 2.32. The Morgan fingerprint density at radius 1 is 0.949 bits per heavy atom. The minimum Gasteiger partial charge on any atom is -0.392 e. The topological polar surface area (TPSA) is 143 Å². The van der Waals surface area contributed by atoms with Crippen LogP contribution in [0.5, 0.6) is 0 Å². The molecule has 206 valence electrons. The van der Waals surface area contributed by atoms with Crippen LogP contribution in [0.25, 0.3) is 0 Å². The summed E-state index contributed by atoms with van der Waals surface area (Å²) in [6, 6.07) is 16.8. The summed E-state index contributed by atoms with van der Waals surface area (Å²) in [4.78, 5) is 32.1. The average molecular weight is 553 g/mol. The second-order valence-electron chi connectivity index (χ2n) is 9.11. The van der Waals surface area contributed by atoms with Crippen molar-refractivity contribution in [2.24, 2.45) is 0 Å². The summed E-state index contributed by atoms with van der Waals surface area (Å²) in [5.41, 5.74) is 4.80. The lowest BCUT2D eigenvalue weighted by Crippen LogP contribution is -2.31. The number of rotatable bonds is 12. The molecule has 4 rings (SSSR count). The predicted octanol–water partition coefficient (Wildman–Crippen LogP) is 4.31. The number of ether oxygens (including phenoxy) is 2. The number of nitrogens with zero attached hydrogens (tertiary/aromatic N) is 2. The molecule has 11 heteroatoms. The van der Waals surface area contributed by atoms with Crippen LogP contribution in [-0.2, 0) is 25.7 Å². The first-order valence-electron chi connectivity index (χ1n) is 12.8. The van der Waals surface area contributed by atoms with Crippen LogP contribution in [0.15, 0.2) is 72.1 Å². The number of hydrogen-bond acceptors (Lipinski definition) is 9. The molecule has 0 bridgehead atoms. The summed E-state index contributed by atoms with van der Waals surface area (Å²) in [5.74, 6) is 0.00655. The van der Waals surface area contributed by atoms with Crippen LogP contribution >= 0.6 is 11.8 Å². The van der Waals surface area contributed by atoms with Crippen molar-refractivity contribution < 1.29 is 29.4 Å². The summed E-state index contributed by atoms with van der Waals surface area (Å²) < 4.78 is 12.7. The largest absolute Gasteiger partial charge is 0.392 e. The van der Waals surface area contributed by atoms with Gasteiger partial charge in [-0.25, -0.2) is 15.4 Å². The van der Waals surface area contributed by atoms with E-state index in [4.69, 9.17) is 14.7 Å². The zero-order valence-electron chi connectivity index (χ0n) is 21.4. The van der Waals surface area contributed by atoms with Crippen molar-refractivity contribution in [1.82, 2.24) is 15.4 Å². The standard InChI is InChI=1S/C28H32N4O6S/c33-17-19-9-11-20(12-10-19)24-16-23(18-39-28-29-13-4-14-30-28)37-27(38-24)21-5-3-6-22(15-21)31-25(34)7-1-2-8-26(35)32-36/h3-6,9-15,23-24,27,33,36H,1-2,7-8,16-18H2,(H,31,34)(H,32,35). The van der Waals surface area contributed by atoms with E-state index in [1.165, 1.54) is 11.8 Å². The van der Waals surface area contributed by atoms with Crippen molar-refractivity contribution >= 4 is 29.3 Å². The van der Waals surface area contributed by atoms with Crippen LogP contribution in [0.3, 0.4) is 0 Å². The van der Waals surface area contributed by atoms with Crippen molar-refractivity contribution in [2.45, 2.75) is 62.4 Å². The molecule has 3 aromatic rings. The minimum atomic E-state index is -0.655. The zero-order valence-corrected chi connectivity index (χ0v) is 22.2. The number of hydrogen-bond donors (Lipinski definition) is 4. The van der Waals surface area contributed by atoms with Gasteiger partial charge in [-0.05, 0) is 42.2 Å². The maximum Gasteiger partial charge on any atom is 0.243 e. The zero-order chi connectivity index (χ0) is 27.5. The first-order chi connectivity index (χ1) is 19.0. The van der Waals surface area contributed by atoms with Gasteiger partial charge < -0.3 is 19.9 Å². The van der Waals surface area contributed by atoms with Gasteiger partial charge in [-0.15, -0.1) is 0 Å². The first kappa shape index (κ1) is 28.7. The highest BCUT2D eigenvalue weighted by Crippen LogP contribution is 2.39. The van der Waals surface area contributed by atoms with E-state index in [-0.39, 0.29) is 37.6 Å². The number of aromatic nitrogens is 2. The van der Waals surface area contributed by atoms with Gasteiger partial charge in [0.05, 0.1) is 18.8 Å². The Morgan fingerprint density at radius 2 is 1.69 bits per heavy atom. The van der Waals surface area contributed by atoms with Gasteiger partial charge >= 0.3 is 0 Å². The Labute approximate surface area is 231 Å². The maximum atomic E-state index is 12.4. The first-order valence-corrected chi connectivity index (χ1v) is 13.8. The van der Waals surface area contributed by atoms with Gasteiger partial charge in [0.25, 0.3) is 0 Å². The van der Waals surface area contributed by atoms with Crippen LogP contribution in [-0.4, -0.2) is 44.0 Å². The molecule has 1 aliphatic rings. The molecule has 2 aromatic carbocycles. The third-order valence-electron chi connectivity index (χ3n) is 6.18. The van der Waals surface area contributed by atoms with Gasteiger partial charge in [0, 0.05) is 48.7 Å². The van der Waals surface area contributed by atoms with E-state index in [1.54, 1.807) is 30.0 Å². The lowest BCUT2D eigenvalue weighted by molar-refractivity contribution is -0.245. The number of amides is 2. The maximum absolute atomic E-state index is 12.4. The molecule has 0 spiro atoms. The molecule has 3 unspecified atom stereocenters. The number of unbranched alkanes of at least 4 members (excludes halogenated alkanes) is 1. The minimum absolute atomic E-state index is 0.0234. The van der Waals surface area contributed by atoms with Crippen molar-refractivity contribution in [3.63, 3.8) is 0 Å². The molecule has 1 aliphatic heterocycles. The number of hydroxylamine groups is 1. The van der Waals surface area contributed by atoms with Crippen LogP contribution in [0.1, 0.15) is 61.2 Å². The van der Waals surface area contributed by atoms with Crippen molar-refractivity contribution in [2.75, 3.05) is 11.1 Å². The van der Waals surface area contributed by atoms with Crippen molar-refractivity contribution in [3.8, 4) is 0 Å². The quantitative estimate of drug-likeness (QED) is 0.0850. The molecule has 2 amide bonds. The smallest absolute Gasteiger partial charge is 0.243 e. The number of thioether (sulfide) groups is 1. The Bertz CT molecular complexity index is 1210. The van der Waals surface area contributed by atoms with Crippen LogP contribution in [0, 0.1) is 0 Å². The number of carbonyl (C=O) groups is 2.